The summed E-state index contributed by atoms with van der Waals surface area (Å²) in [4.78, 5) is 54.7. The first-order chi connectivity index (χ1) is 29.6. The zero-order valence-electron chi connectivity index (χ0n) is 41.4. The van der Waals surface area contributed by atoms with Gasteiger partial charge in [-0.2, -0.15) is 0 Å². The predicted octanol–water partition coefficient (Wildman–Crippen LogP) is 4.03. The van der Waals surface area contributed by atoms with E-state index < -0.39 is 120 Å². The van der Waals surface area contributed by atoms with Crippen molar-refractivity contribution >= 4 is 23.7 Å². The molecule has 3 rings (SSSR count). The number of cyclic esters (lactones) is 1. The van der Waals surface area contributed by atoms with Crippen LogP contribution < -0.4 is 0 Å². The maximum atomic E-state index is 14.5. The van der Waals surface area contributed by atoms with Crippen molar-refractivity contribution in [2.45, 2.75) is 199 Å². The molecule has 0 saturated carbocycles. The summed E-state index contributed by atoms with van der Waals surface area (Å²) in [7, 11) is 8.84. The van der Waals surface area contributed by atoms with E-state index in [2.05, 4.69) is 0 Å². The smallest absolute Gasteiger partial charge is 0.331 e. The van der Waals surface area contributed by atoms with Crippen LogP contribution in [0.1, 0.15) is 115 Å². The predicted molar refractivity (Wildman–Crippen MR) is 234 cm³/mol. The first-order valence-electron chi connectivity index (χ1n) is 23.0. The van der Waals surface area contributed by atoms with E-state index in [1.165, 1.54) is 28.1 Å². The van der Waals surface area contributed by atoms with E-state index in [1.807, 2.05) is 41.9 Å². The molecule has 3 N–H and O–H groups in total. The lowest BCUT2D eigenvalue weighted by atomic mass is 9.74. The minimum absolute atomic E-state index is 0.0264. The second-order valence-corrected chi connectivity index (χ2v) is 20.0. The fraction of sp³-hybridized carbons (Fsp3) is 0.872. The van der Waals surface area contributed by atoms with E-state index in [-0.39, 0.29) is 37.7 Å². The van der Waals surface area contributed by atoms with Gasteiger partial charge in [-0.15, -0.1) is 0 Å². The Balaban J connectivity index is 2.27. The number of hydrogen-bond acceptors (Lipinski definition) is 16. The van der Waals surface area contributed by atoms with Gasteiger partial charge in [-0.25, -0.2) is 9.59 Å². The van der Waals surface area contributed by atoms with Crippen molar-refractivity contribution in [3.05, 3.63) is 12.2 Å². The molecule has 3 fully saturated rings. The Labute approximate surface area is 381 Å². The summed E-state index contributed by atoms with van der Waals surface area (Å²) in [6, 6.07) is -0.386. The molecule has 17 heteroatoms. The molecular weight excluding hydrogens is 835 g/mol. The lowest BCUT2D eigenvalue weighted by Crippen LogP contribution is -2.64. The van der Waals surface area contributed by atoms with Gasteiger partial charge in [0, 0.05) is 57.0 Å². The SMILES string of the molecule is CCCCOC(=O)/C=C/C(=O)O[C@@H]1[C@@H](O[C@@H]2[C@H](C)[C@H](O[C@H]3C[C@@](C)(OC)[C@@H](O)[C@H](C)O3)[C@H](C)C(=O)O[C@H](CC)[C@@](C)(O)[C@@H](O)[C@@H](C)C(=O)[C@H](C)C[C@@]2(C)OC)O[C@@H](C)C[C@H]1[N+](C)(C)C. The summed E-state index contributed by atoms with van der Waals surface area (Å²) < 4.78 is 56.6. The zero-order chi connectivity index (χ0) is 48.7. The van der Waals surface area contributed by atoms with Crippen LogP contribution in [0.5, 0.6) is 0 Å². The summed E-state index contributed by atoms with van der Waals surface area (Å²) in [5.41, 5.74) is -4.49. The van der Waals surface area contributed by atoms with Gasteiger partial charge in [-0.3, -0.25) is 9.59 Å². The van der Waals surface area contributed by atoms with Gasteiger partial charge in [0.25, 0.3) is 0 Å². The molecule has 0 aromatic heterocycles. The molecule has 3 saturated heterocycles. The standard InChI is InChI=1S/C47H82NO16/c1-17-19-22-58-34(49)20-21-35(50)62-39-32(48(12,13)14)23-27(4)59-44(39)64-42-29(6)38(63-36-25-45(9,56-15)41(53)31(8)60-36)30(7)43(54)61-33(18-2)47(11,55)40(52)28(5)37(51)26(3)24-46(42,10)57-16/h20-21,26-33,36,38-42,44,52-53,55H,17-19,22-25H2,1-16H3/q+1/b21-20+/t26-,27+,28+,29-,30+,31+,32-,33-,36+,38+,39+,40+,41+,42-,44-,45-,46-,47-/m1/s1. The number of likely N-dealkylation sites (N-methyl/N-ethyl adjacent to an activating group) is 1. The van der Waals surface area contributed by atoms with Gasteiger partial charge >= 0.3 is 17.9 Å². The quantitative estimate of drug-likeness (QED) is 0.0738. The Morgan fingerprint density at radius 1 is 0.828 bits per heavy atom. The molecule has 0 aromatic carbocycles. The number of Topliss-reactive ketones (excluding diaryl/α,β-unsaturated/α-hetero) is 1. The number of ether oxygens (including phenoxy) is 9. The van der Waals surface area contributed by atoms with Gasteiger partial charge in [0.05, 0.1) is 75.4 Å². The first kappa shape index (κ1) is 55.7. The van der Waals surface area contributed by atoms with Crippen LogP contribution in [-0.2, 0) is 61.8 Å². The van der Waals surface area contributed by atoms with Crippen LogP contribution in [0.2, 0.25) is 0 Å². The van der Waals surface area contributed by atoms with E-state index >= 15 is 0 Å². The molecular formula is C47H82NO16+. The fourth-order valence-corrected chi connectivity index (χ4v) is 9.62. The molecule has 64 heavy (non-hydrogen) atoms. The third-order valence-electron chi connectivity index (χ3n) is 13.9. The number of nitrogens with zero attached hydrogens (tertiary/aromatic N) is 1. The van der Waals surface area contributed by atoms with Gasteiger partial charge in [-0.05, 0) is 60.8 Å². The molecule has 0 radical (unpaired) electrons. The summed E-state index contributed by atoms with van der Waals surface area (Å²) in [5, 5.41) is 34.4. The number of hydrogen-bond donors (Lipinski definition) is 3. The van der Waals surface area contributed by atoms with E-state index in [0.29, 0.717) is 17.3 Å². The number of ketones is 1. The third-order valence-corrected chi connectivity index (χ3v) is 13.9. The van der Waals surface area contributed by atoms with Crippen molar-refractivity contribution in [1.29, 1.82) is 0 Å². The normalized spacial score (nSPS) is 42.1. The molecule has 17 nitrogen and oxygen atoms in total. The number of carbonyl (C=O) groups is 4. The summed E-state index contributed by atoms with van der Waals surface area (Å²) in [5.74, 6) is -6.44. The lowest BCUT2D eigenvalue weighted by molar-refractivity contribution is -0.903. The molecule has 0 bridgehead atoms. The van der Waals surface area contributed by atoms with E-state index in [9.17, 15) is 34.5 Å². The highest BCUT2D eigenvalue weighted by molar-refractivity contribution is 5.91. The zero-order valence-corrected chi connectivity index (χ0v) is 41.4. The van der Waals surface area contributed by atoms with Crippen molar-refractivity contribution < 1.29 is 81.6 Å². The number of rotatable bonds is 14. The van der Waals surface area contributed by atoms with Crippen molar-refractivity contribution in [2.24, 2.45) is 23.7 Å². The summed E-state index contributed by atoms with van der Waals surface area (Å²) in [6.45, 7) is 19.0. The molecule has 0 aliphatic carbocycles. The Morgan fingerprint density at radius 3 is 2.00 bits per heavy atom. The monoisotopic (exact) mass is 917 g/mol. The molecule has 0 amide bonds. The lowest BCUT2D eigenvalue weighted by Gasteiger charge is -2.50. The van der Waals surface area contributed by atoms with Crippen LogP contribution >= 0.6 is 0 Å². The number of quaternary nitrogens is 1. The summed E-state index contributed by atoms with van der Waals surface area (Å²) >= 11 is 0. The van der Waals surface area contributed by atoms with Crippen LogP contribution in [0, 0.1) is 23.7 Å². The molecule has 0 aromatic rings. The first-order valence-corrected chi connectivity index (χ1v) is 23.0. The minimum atomic E-state index is -2.02. The second kappa shape index (κ2) is 22.9. The van der Waals surface area contributed by atoms with Crippen molar-refractivity contribution in [3.63, 3.8) is 0 Å². The van der Waals surface area contributed by atoms with E-state index in [4.69, 9.17) is 42.6 Å². The van der Waals surface area contributed by atoms with Crippen molar-refractivity contribution in [3.8, 4) is 0 Å². The Kier molecular flexibility index (Phi) is 20.0. The number of methoxy groups -OCH3 is 2. The molecule has 0 unspecified atom stereocenters. The molecule has 3 aliphatic rings. The van der Waals surface area contributed by atoms with E-state index in [1.54, 1.807) is 41.5 Å². The van der Waals surface area contributed by atoms with E-state index in [0.717, 1.165) is 18.6 Å². The molecule has 3 aliphatic heterocycles. The maximum absolute atomic E-state index is 14.5. The Hall–Kier alpha value is -2.58. The average Bonchev–Trinajstić information content (AvgIpc) is 3.23. The van der Waals surface area contributed by atoms with Crippen molar-refractivity contribution in [1.82, 2.24) is 0 Å². The summed E-state index contributed by atoms with van der Waals surface area (Å²) in [6.07, 6.45) is -6.31. The number of esters is 3. The average molecular weight is 917 g/mol. The van der Waals surface area contributed by atoms with Gasteiger partial charge in [0.1, 0.15) is 29.6 Å². The van der Waals surface area contributed by atoms with Gasteiger partial charge < -0.3 is 62.4 Å². The van der Waals surface area contributed by atoms with Gasteiger partial charge in [0.2, 0.25) is 12.4 Å². The van der Waals surface area contributed by atoms with Crippen LogP contribution in [0.15, 0.2) is 12.2 Å². The number of unbranched alkanes of at least 4 members (excludes halogenated alkanes) is 1. The largest absolute Gasteiger partial charge is 0.463 e. The fourth-order valence-electron chi connectivity index (χ4n) is 9.62. The molecule has 3 heterocycles. The van der Waals surface area contributed by atoms with Crippen LogP contribution in [0.4, 0.5) is 0 Å². The van der Waals surface area contributed by atoms with Crippen LogP contribution in [-0.4, -0.2) is 170 Å². The minimum Gasteiger partial charge on any atom is -0.463 e. The van der Waals surface area contributed by atoms with Gasteiger partial charge in [-0.1, -0.05) is 41.0 Å². The molecule has 18 atom stereocenters. The van der Waals surface area contributed by atoms with Crippen LogP contribution in [0.25, 0.3) is 0 Å². The Morgan fingerprint density at radius 2 is 1.44 bits per heavy atom. The topological polar surface area (TPSA) is 212 Å². The Bertz CT molecular complexity index is 1580. The second-order valence-electron chi connectivity index (χ2n) is 20.0. The highest BCUT2D eigenvalue weighted by Gasteiger charge is 2.55. The number of aliphatic hydroxyl groups is 3. The van der Waals surface area contributed by atoms with Gasteiger partial charge in [0.15, 0.2) is 6.29 Å². The number of carbonyl (C=O) groups excluding carboxylic acids is 4. The van der Waals surface area contributed by atoms with Crippen LogP contribution in [0.3, 0.4) is 0 Å². The molecule has 0 spiro atoms. The van der Waals surface area contributed by atoms with Crippen molar-refractivity contribution in [2.75, 3.05) is 42.0 Å². The highest BCUT2D eigenvalue weighted by Crippen LogP contribution is 2.42. The molecule has 370 valence electrons. The highest BCUT2D eigenvalue weighted by atomic mass is 16.7. The third kappa shape index (κ3) is 13.3. The number of aliphatic hydroxyl groups excluding tert-OH is 2. The maximum Gasteiger partial charge on any atom is 0.331 e.